The van der Waals surface area contributed by atoms with Crippen molar-refractivity contribution in [2.75, 3.05) is 7.11 Å². The van der Waals surface area contributed by atoms with Crippen molar-refractivity contribution in [2.45, 2.75) is 52.2 Å². The molecule has 0 fully saturated rings. The lowest BCUT2D eigenvalue weighted by molar-refractivity contribution is 0.0226. The molecule has 1 aromatic heterocycles. The molecular weight excluding hydrogens is 260 g/mol. The van der Waals surface area contributed by atoms with Crippen LogP contribution in [0, 0.1) is 0 Å². The van der Waals surface area contributed by atoms with Crippen LogP contribution in [-0.4, -0.2) is 16.9 Å². The minimum atomic E-state index is 0.0276. The van der Waals surface area contributed by atoms with Crippen LogP contribution in [0.3, 0.4) is 0 Å². The van der Waals surface area contributed by atoms with E-state index in [1.165, 1.54) is 12.1 Å². The third kappa shape index (κ3) is 3.73. The number of methoxy groups -OCH3 is 1. The Morgan fingerprint density at radius 3 is 2.48 bits per heavy atom. The van der Waals surface area contributed by atoms with E-state index in [1.807, 2.05) is 18.2 Å². The highest BCUT2D eigenvalue weighted by atomic mass is 16.5. The van der Waals surface area contributed by atoms with Gasteiger partial charge in [-0.05, 0) is 24.8 Å². The van der Waals surface area contributed by atoms with Gasteiger partial charge in [0, 0.05) is 18.4 Å². The average Bonchev–Trinajstić information content (AvgIpc) is 2.94. The standard InChI is InChI=1S/C18H26N2O/c1-5-6-12-18(21-4)20-17(14(2)3)13-16(19-20)15-10-8-7-9-11-15/h7-11,13-14,18H,5-6,12H2,1-4H3. The molecule has 114 valence electrons. The Balaban J connectivity index is 2.37. The van der Waals surface area contributed by atoms with Crippen molar-refractivity contribution in [2.24, 2.45) is 0 Å². The highest BCUT2D eigenvalue weighted by molar-refractivity contribution is 5.59. The molecule has 3 nitrogen and oxygen atoms in total. The fourth-order valence-corrected chi connectivity index (χ4v) is 2.54. The molecule has 0 aliphatic rings. The van der Waals surface area contributed by atoms with Crippen molar-refractivity contribution in [1.29, 1.82) is 0 Å². The maximum Gasteiger partial charge on any atom is 0.150 e. The lowest BCUT2D eigenvalue weighted by Crippen LogP contribution is -2.16. The number of benzene rings is 1. The zero-order chi connectivity index (χ0) is 15.2. The van der Waals surface area contributed by atoms with E-state index < -0.39 is 0 Å². The van der Waals surface area contributed by atoms with Gasteiger partial charge in [0.25, 0.3) is 0 Å². The van der Waals surface area contributed by atoms with Gasteiger partial charge in [-0.15, -0.1) is 0 Å². The Morgan fingerprint density at radius 1 is 1.19 bits per heavy atom. The minimum Gasteiger partial charge on any atom is -0.360 e. The zero-order valence-electron chi connectivity index (χ0n) is 13.5. The third-order valence-corrected chi connectivity index (χ3v) is 3.78. The lowest BCUT2D eigenvalue weighted by atomic mass is 10.1. The summed E-state index contributed by atoms with van der Waals surface area (Å²) in [5.41, 5.74) is 3.41. The first-order chi connectivity index (χ1) is 10.2. The molecule has 2 aromatic rings. The molecule has 0 saturated heterocycles. The monoisotopic (exact) mass is 286 g/mol. The van der Waals surface area contributed by atoms with Crippen LogP contribution in [-0.2, 0) is 4.74 Å². The van der Waals surface area contributed by atoms with Gasteiger partial charge in [-0.25, -0.2) is 4.68 Å². The first-order valence-corrected chi connectivity index (χ1v) is 7.85. The normalized spacial score (nSPS) is 12.8. The molecule has 1 aromatic carbocycles. The fraction of sp³-hybridized carbons (Fsp3) is 0.500. The molecule has 3 heteroatoms. The summed E-state index contributed by atoms with van der Waals surface area (Å²) in [6, 6.07) is 12.5. The zero-order valence-corrected chi connectivity index (χ0v) is 13.5. The summed E-state index contributed by atoms with van der Waals surface area (Å²) in [5, 5.41) is 4.82. The van der Waals surface area contributed by atoms with Crippen LogP contribution in [0.25, 0.3) is 11.3 Å². The smallest absolute Gasteiger partial charge is 0.150 e. The van der Waals surface area contributed by atoms with Gasteiger partial charge in [0.15, 0.2) is 0 Å². The second-order valence-corrected chi connectivity index (χ2v) is 5.75. The maximum atomic E-state index is 5.68. The van der Waals surface area contributed by atoms with Gasteiger partial charge in [0.1, 0.15) is 6.23 Å². The molecule has 0 aliphatic carbocycles. The van der Waals surface area contributed by atoms with Crippen LogP contribution in [0.1, 0.15) is 57.9 Å². The largest absolute Gasteiger partial charge is 0.360 e. The van der Waals surface area contributed by atoms with Gasteiger partial charge >= 0.3 is 0 Å². The summed E-state index contributed by atoms with van der Waals surface area (Å²) in [4.78, 5) is 0. The second kappa shape index (κ2) is 7.41. The summed E-state index contributed by atoms with van der Waals surface area (Å²) in [6.45, 7) is 6.61. The third-order valence-electron chi connectivity index (χ3n) is 3.78. The summed E-state index contributed by atoms with van der Waals surface area (Å²) >= 11 is 0. The van der Waals surface area contributed by atoms with E-state index in [0.717, 1.165) is 24.1 Å². The molecule has 2 rings (SSSR count). The molecule has 0 aliphatic heterocycles. The number of hydrogen-bond donors (Lipinski definition) is 0. The van der Waals surface area contributed by atoms with Crippen molar-refractivity contribution < 1.29 is 4.74 Å². The molecule has 0 bridgehead atoms. The Hall–Kier alpha value is -1.61. The molecule has 0 radical (unpaired) electrons. The first-order valence-electron chi connectivity index (χ1n) is 7.85. The van der Waals surface area contributed by atoms with Gasteiger partial charge < -0.3 is 4.74 Å². The number of rotatable bonds is 7. The van der Waals surface area contributed by atoms with Crippen molar-refractivity contribution in [3.05, 3.63) is 42.1 Å². The van der Waals surface area contributed by atoms with Crippen LogP contribution in [0.15, 0.2) is 36.4 Å². The van der Waals surface area contributed by atoms with Gasteiger partial charge in [0.2, 0.25) is 0 Å². The van der Waals surface area contributed by atoms with Crippen LogP contribution >= 0.6 is 0 Å². The molecule has 0 N–H and O–H groups in total. The van der Waals surface area contributed by atoms with E-state index in [9.17, 15) is 0 Å². The number of hydrogen-bond acceptors (Lipinski definition) is 2. The van der Waals surface area contributed by atoms with E-state index in [0.29, 0.717) is 5.92 Å². The SMILES string of the molecule is CCCCC(OC)n1nc(-c2ccccc2)cc1C(C)C. The second-order valence-electron chi connectivity index (χ2n) is 5.75. The van der Waals surface area contributed by atoms with E-state index in [4.69, 9.17) is 9.84 Å². The number of nitrogens with zero attached hydrogens (tertiary/aromatic N) is 2. The van der Waals surface area contributed by atoms with Crippen molar-refractivity contribution >= 4 is 0 Å². The van der Waals surface area contributed by atoms with Crippen molar-refractivity contribution in [3.8, 4) is 11.3 Å². The van der Waals surface area contributed by atoms with Crippen molar-refractivity contribution in [3.63, 3.8) is 0 Å². The van der Waals surface area contributed by atoms with Crippen LogP contribution in [0.5, 0.6) is 0 Å². The summed E-state index contributed by atoms with van der Waals surface area (Å²) < 4.78 is 7.75. The molecule has 0 saturated carbocycles. The Morgan fingerprint density at radius 2 is 1.90 bits per heavy atom. The number of unbranched alkanes of at least 4 members (excludes halogenated alkanes) is 1. The van der Waals surface area contributed by atoms with Gasteiger partial charge in [0.05, 0.1) is 5.69 Å². The molecular formula is C18H26N2O. The topological polar surface area (TPSA) is 27.1 Å². The summed E-state index contributed by atoms with van der Waals surface area (Å²) in [5.74, 6) is 0.425. The van der Waals surface area contributed by atoms with Gasteiger partial charge in [-0.1, -0.05) is 57.5 Å². The Bertz CT molecular complexity index is 546. The minimum absolute atomic E-state index is 0.0276. The predicted octanol–water partition coefficient (Wildman–Crippen LogP) is 5.01. The van der Waals surface area contributed by atoms with Gasteiger partial charge in [-0.3, -0.25) is 0 Å². The number of ether oxygens (including phenoxy) is 1. The maximum absolute atomic E-state index is 5.68. The van der Waals surface area contributed by atoms with Crippen LogP contribution in [0.4, 0.5) is 0 Å². The van der Waals surface area contributed by atoms with E-state index in [-0.39, 0.29) is 6.23 Å². The molecule has 21 heavy (non-hydrogen) atoms. The molecule has 1 heterocycles. The fourth-order valence-electron chi connectivity index (χ4n) is 2.54. The highest BCUT2D eigenvalue weighted by Crippen LogP contribution is 2.28. The molecule has 1 atom stereocenters. The van der Waals surface area contributed by atoms with Crippen LogP contribution < -0.4 is 0 Å². The van der Waals surface area contributed by atoms with E-state index in [2.05, 4.69) is 43.7 Å². The molecule has 1 unspecified atom stereocenters. The lowest BCUT2D eigenvalue weighted by Gasteiger charge is -2.19. The van der Waals surface area contributed by atoms with Crippen molar-refractivity contribution in [1.82, 2.24) is 9.78 Å². The molecule has 0 amide bonds. The Kier molecular flexibility index (Phi) is 5.57. The van der Waals surface area contributed by atoms with E-state index >= 15 is 0 Å². The van der Waals surface area contributed by atoms with Gasteiger partial charge in [-0.2, -0.15) is 5.10 Å². The molecule has 0 spiro atoms. The quantitative estimate of drug-likeness (QED) is 0.715. The summed E-state index contributed by atoms with van der Waals surface area (Å²) in [6.07, 6.45) is 3.35. The first kappa shape index (κ1) is 15.8. The van der Waals surface area contributed by atoms with Crippen LogP contribution in [0.2, 0.25) is 0 Å². The van der Waals surface area contributed by atoms with E-state index in [1.54, 1.807) is 7.11 Å². The Labute approximate surface area is 127 Å². The average molecular weight is 286 g/mol. The highest BCUT2D eigenvalue weighted by Gasteiger charge is 2.19. The predicted molar refractivity (Wildman–Crippen MR) is 87.3 cm³/mol. The number of aromatic nitrogens is 2. The summed E-state index contributed by atoms with van der Waals surface area (Å²) in [7, 11) is 1.77.